The van der Waals surface area contributed by atoms with Crippen LogP contribution in [0.25, 0.3) is 0 Å². The van der Waals surface area contributed by atoms with Crippen LogP contribution in [0, 0.1) is 0 Å². The van der Waals surface area contributed by atoms with E-state index in [4.69, 9.17) is 19.3 Å². The highest BCUT2D eigenvalue weighted by Crippen LogP contribution is 2.14. The molecule has 0 aromatic heterocycles. The molecule has 116 valence electrons. The van der Waals surface area contributed by atoms with Gasteiger partial charge in [0.05, 0.1) is 24.9 Å². The molecule has 1 heterocycles. The van der Waals surface area contributed by atoms with Crippen LogP contribution in [0.3, 0.4) is 0 Å². The van der Waals surface area contributed by atoms with E-state index in [2.05, 4.69) is 0 Å². The number of carboxylic acids is 1. The smallest absolute Gasteiger partial charge is 0.335 e. The molecule has 1 fully saturated rings. The third-order valence-corrected chi connectivity index (χ3v) is 3.38. The molecule has 1 aromatic rings. The second-order valence-electron chi connectivity index (χ2n) is 5.10. The van der Waals surface area contributed by atoms with Gasteiger partial charge in [0.15, 0.2) is 0 Å². The van der Waals surface area contributed by atoms with Crippen molar-refractivity contribution in [3.05, 3.63) is 29.8 Å². The minimum absolute atomic E-state index is 0.253. The van der Waals surface area contributed by atoms with Crippen LogP contribution in [-0.4, -0.2) is 43.6 Å². The average Bonchev–Trinajstić information content (AvgIpc) is 2.52. The summed E-state index contributed by atoms with van der Waals surface area (Å²) in [5.74, 6) is -0.254. The number of aromatic carboxylic acids is 1. The maximum atomic E-state index is 10.7. The van der Waals surface area contributed by atoms with Crippen molar-refractivity contribution in [1.29, 1.82) is 0 Å². The first kappa shape index (κ1) is 15.8. The SMILES string of the molecule is O=C(O)c1ccc(OCCCOCC2CCCCO2)cc1. The van der Waals surface area contributed by atoms with Gasteiger partial charge in [0.1, 0.15) is 5.75 Å². The van der Waals surface area contributed by atoms with Crippen molar-refractivity contribution >= 4 is 5.97 Å². The van der Waals surface area contributed by atoms with E-state index in [0.29, 0.717) is 25.6 Å². The molecule has 1 saturated heterocycles. The fraction of sp³-hybridized carbons (Fsp3) is 0.562. The Morgan fingerprint density at radius 2 is 2.05 bits per heavy atom. The number of benzene rings is 1. The number of hydrogen-bond acceptors (Lipinski definition) is 4. The summed E-state index contributed by atoms with van der Waals surface area (Å²) in [4.78, 5) is 10.7. The number of ether oxygens (including phenoxy) is 3. The Balaban J connectivity index is 1.54. The van der Waals surface area contributed by atoms with Crippen LogP contribution >= 0.6 is 0 Å². The monoisotopic (exact) mass is 294 g/mol. The lowest BCUT2D eigenvalue weighted by atomic mass is 10.1. The van der Waals surface area contributed by atoms with Crippen LogP contribution in [0.1, 0.15) is 36.0 Å². The first-order valence-electron chi connectivity index (χ1n) is 7.41. The van der Waals surface area contributed by atoms with E-state index in [1.165, 1.54) is 18.6 Å². The molecule has 1 aromatic carbocycles. The van der Waals surface area contributed by atoms with Crippen molar-refractivity contribution in [1.82, 2.24) is 0 Å². The van der Waals surface area contributed by atoms with Gasteiger partial charge in [0, 0.05) is 19.6 Å². The van der Waals surface area contributed by atoms with E-state index in [-0.39, 0.29) is 11.7 Å². The summed E-state index contributed by atoms with van der Waals surface area (Å²) in [6.45, 7) is 2.71. The van der Waals surface area contributed by atoms with E-state index in [9.17, 15) is 4.79 Å². The molecule has 21 heavy (non-hydrogen) atoms. The first-order chi connectivity index (χ1) is 10.3. The van der Waals surface area contributed by atoms with Crippen molar-refractivity contribution in [3.63, 3.8) is 0 Å². The summed E-state index contributed by atoms with van der Waals surface area (Å²) in [7, 11) is 0. The summed E-state index contributed by atoms with van der Waals surface area (Å²) in [5, 5.41) is 8.79. The van der Waals surface area contributed by atoms with Crippen molar-refractivity contribution in [2.45, 2.75) is 31.8 Å². The second kappa shape index (κ2) is 8.64. The van der Waals surface area contributed by atoms with Crippen molar-refractivity contribution < 1.29 is 24.1 Å². The predicted octanol–water partition coefficient (Wildman–Crippen LogP) is 2.74. The average molecular weight is 294 g/mol. The Morgan fingerprint density at radius 1 is 1.24 bits per heavy atom. The molecule has 0 spiro atoms. The summed E-state index contributed by atoms with van der Waals surface area (Å²) in [5.41, 5.74) is 0.262. The van der Waals surface area contributed by atoms with Crippen LogP contribution in [0.15, 0.2) is 24.3 Å². The molecule has 0 bridgehead atoms. The molecule has 1 unspecified atom stereocenters. The predicted molar refractivity (Wildman–Crippen MR) is 77.9 cm³/mol. The van der Waals surface area contributed by atoms with Crippen LogP contribution in [0.2, 0.25) is 0 Å². The molecule has 1 N–H and O–H groups in total. The summed E-state index contributed by atoms with van der Waals surface area (Å²) >= 11 is 0. The van der Waals surface area contributed by atoms with Crippen molar-refractivity contribution in [2.75, 3.05) is 26.4 Å². The Hall–Kier alpha value is -1.59. The van der Waals surface area contributed by atoms with Crippen LogP contribution in [0.4, 0.5) is 0 Å². The van der Waals surface area contributed by atoms with E-state index in [1.807, 2.05) is 0 Å². The normalized spacial score (nSPS) is 18.4. The summed E-state index contributed by atoms with van der Waals surface area (Å²) < 4.78 is 16.7. The molecule has 1 aliphatic heterocycles. The Labute approximate surface area is 124 Å². The molecule has 1 atom stereocenters. The molecular formula is C16H22O5. The third-order valence-electron chi connectivity index (χ3n) is 3.38. The standard InChI is InChI=1S/C16H22O5/c17-16(18)13-5-7-14(8-6-13)20-11-3-9-19-12-15-4-1-2-10-21-15/h5-8,15H,1-4,9-12H2,(H,17,18). The maximum absolute atomic E-state index is 10.7. The van der Waals surface area contributed by atoms with Gasteiger partial charge in [-0.15, -0.1) is 0 Å². The first-order valence-corrected chi connectivity index (χ1v) is 7.41. The highest BCUT2D eigenvalue weighted by molar-refractivity contribution is 5.87. The van der Waals surface area contributed by atoms with Gasteiger partial charge < -0.3 is 19.3 Å². The fourth-order valence-corrected chi connectivity index (χ4v) is 2.20. The van der Waals surface area contributed by atoms with Crippen molar-refractivity contribution in [3.8, 4) is 5.75 Å². The minimum Gasteiger partial charge on any atom is -0.494 e. The lowest BCUT2D eigenvalue weighted by molar-refractivity contribution is -0.0419. The zero-order valence-electron chi connectivity index (χ0n) is 12.1. The zero-order valence-corrected chi connectivity index (χ0v) is 12.1. The lowest BCUT2D eigenvalue weighted by Gasteiger charge is -2.22. The number of carbonyl (C=O) groups is 1. The van der Waals surface area contributed by atoms with Gasteiger partial charge in [-0.05, 0) is 43.5 Å². The highest BCUT2D eigenvalue weighted by Gasteiger charge is 2.13. The van der Waals surface area contributed by atoms with Gasteiger partial charge in [-0.3, -0.25) is 0 Å². The van der Waals surface area contributed by atoms with Gasteiger partial charge in [0.25, 0.3) is 0 Å². The van der Waals surface area contributed by atoms with Crippen LogP contribution in [-0.2, 0) is 9.47 Å². The topological polar surface area (TPSA) is 65.0 Å². The minimum atomic E-state index is -0.931. The number of carboxylic acid groups (broad SMARTS) is 1. The number of rotatable bonds is 8. The molecule has 0 amide bonds. The molecule has 1 aliphatic rings. The Bertz CT molecular complexity index is 423. The molecule has 5 heteroatoms. The second-order valence-corrected chi connectivity index (χ2v) is 5.10. The molecule has 0 saturated carbocycles. The molecule has 5 nitrogen and oxygen atoms in total. The van der Waals surface area contributed by atoms with Gasteiger partial charge >= 0.3 is 5.97 Å². The third kappa shape index (κ3) is 5.73. The maximum Gasteiger partial charge on any atom is 0.335 e. The summed E-state index contributed by atoms with van der Waals surface area (Å²) in [6, 6.07) is 6.41. The lowest BCUT2D eigenvalue weighted by Crippen LogP contribution is -2.24. The Kier molecular flexibility index (Phi) is 6.50. The largest absolute Gasteiger partial charge is 0.494 e. The van der Waals surface area contributed by atoms with Crippen LogP contribution < -0.4 is 4.74 Å². The van der Waals surface area contributed by atoms with E-state index in [0.717, 1.165) is 25.9 Å². The van der Waals surface area contributed by atoms with Gasteiger partial charge in [-0.25, -0.2) is 4.79 Å². The van der Waals surface area contributed by atoms with E-state index < -0.39 is 5.97 Å². The highest BCUT2D eigenvalue weighted by atomic mass is 16.5. The summed E-state index contributed by atoms with van der Waals surface area (Å²) in [6.07, 6.45) is 4.53. The molecular weight excluding hydrogens is 272 g/mol. The quantitative estimate of drug-likeness (QED) is 0.747. The van der Waals surface area contributed by atoms with E-state index in [1.54, 1.807) is 12.1 Å². The zero-order chi connectivity index (χ0) is 14.9. The van der Waals surface area contributed by atoms with Crippen molar-refractivity contribution in [2.24, 2.45) is 0 Å². The number of hydrogen-bond donors (Lipinski definition) is 1. The molecule has 0 radical (unpaired) electrons. The van der Waals surface area contributed by atoms with E-state index >= 15 is 0 Å². The molecule has 2 rings (SSSR count). The molecule has 0 aliphatic carbocycles. The fourth-order valence-electron chi connectivity index (χ4n) is 2.20. The Morgan fingerprint density at radius 3 is 2.71 bits per heavy atom. The van der Waals surface area contributed by atoms with Gasteiger partial charge in [-0.2, -0.15) is 0 Å². The van der Waals surface area contributed by atoms with Gasteiger partial charge in [0.2, 0.25) is 0 Å². The van der Waals surface area contributed by atoms with Crippen LogP contribution in [0.5, 0.6) is 5.75 Å². The van der Waals surface area contributed by atoms with Gasteiger partial charge in [-0.1, -0.05) is 0 Å².